The SMILES string of the molecule is COC(=O)c1cc2oc(C)cc2n1CC(=O)N(C)C1CCCCC1. The van der Waals surface area contributed by atoms with Crippen LogP contribution in [0.15, 0.2) is 16.5 Å². The molecule has 0 radical (unpaired) electrons. The molecule has 0 unspecified atom stereocenters. The van der Waals surface area contributed by atoms with Gasteiger partial charge in [-0.1, -0.05) is 19.3 Å². The summed E-state index contributed by atoms with van der Waals surface area (Å²) in [4.78, 5) is 26.6. The van der Waals surface area contributed by atoms with Crippen LogP contribution in [0.1, 0.15) is 48.4 Å². The number of nitrogens with zero attached hydrogens (tertiary/aromatic N) is 2. The van der Waals surface area contributed by atoms with Gasteiger partial charge in [0.1, 0.15) is 18.0 Å². The van der Waals surface area contributed by atoms with Crippen LogP contribution in [-0.4, -0.2) is 41.5 Å². The Balaban J connectivity index is 1.87. The number of carbonyl (C=O) groups excluding carboxylic acids is 2. The van der Waals surface area contributed by atoms with Crippen LogP contribution in [0.2, 0.25) is 0 Å². The third-order valence-corrected chi connectivity index (χ3v) is 4.92. The minimum atomic E-state index is -0.466. The predicted molar refractivity (Wildman–Crippen MR) is 89.9 cm³/mol. The zero-order valence-electron chi connectivity index (χ0n) is 14.5. The Hall–Kier alpha value is -2.24. The van der Waals surface area contributed by atoms with E-state index in [0.717, 1.165) is 24.1 Å². The lowest BCUT2D eigenvalue weighted by Crippen LogP contribution is -2.40. The largest absolute Gasteiger partial charge is 0.464 e. The van der Waals surface area contributed by atoms with Gasteiger partial charge >= 0.3 is 5.97 Å². The van der Waals surface area contributed by atoms with E-state index in [1.807, 2.05) is 24.9 Å². The summed E-state index contributed by atoms with van der Waals surface area (Å²) < 4.78 is 12.1. The van der Waals surface area contributed by atoms with E-state index in [4.69, 9.17) is 9.15 Å². The van der Waals surface area contributed by atoms with Gasteiger partial charge in [-0.15, -0.1) is 0 Å². The summed E-state index contributed by atoms with van der Waals surface area (Å²) in [6.07, 6.45) is 5.70. The van der Waals surface area contributed by atoms with Crippen molar-refractivity contribution in [2.45, 2.75) is 51.6 Å². The van der Waals surface area contributed by atoms with E-state index in [9.17, 15) is 9.59 Å². The van der Waals surface area contributed by atoms with Crippen LogP contribution < -0.4 is 0 Å². The molecule has 1 saturated carbocycles. The van der Waals surface area contributed by atoms with Gasteiger partial charge in [0.05, 0.1) is 12.6 Å². The predicted octanol–water partition coefficient (Wildman–Crippen LogP) is 3.12. The van der Waals surface area contributed by atoms with E-state index in [-0.39, 0.29) is 12.5 Å². The van der Waals surface area contributed by atoms with Crippen LogP contribution in [-0.2, 0) is 16.1 Å². The Morgan fingerprint density at radius 1 is 1.29 bits per heavy atom. The molecule has 2 aromatic rings. The van der Waals surface area contributed by atoms with Gasteiger partial charge in [0.2, 0.25) is 5.91 Å². The van der Waals surface area contributed by atoms with E-state index in [1.54, 1.807) is 10.6 Å². The third-order valence-electron chi connectivity index (χ3n) is 4.92. The van der Waals surface area contributed by atoms with E-state index >= 15 is 0 Å². The van der Waals surface area contributed by atoms with Crippen LogP contribution in [0.25, 0.3) is 11.1 Å². The lowest BCUT2D eigenvalue weighted by atomic mass is 9.94. The molecule has 0 N–H and O–H groups in total. The second-order valence-electron chi connectivity index (χ2n) is 6.51. The first kappa shape index (κ1) is 16.6. The van der Waals surface area contributed by atoms with Crippen LogP contribution in [0.3, 0.4) is 0 Å². The summed E-state index contributed by atoms with van der Waals surface area (Å²) in [7, 11) is 3.19. The molecular weight excluding hydrogens is 308 g/mol. The molecule has 1 aliphatic carbocycles. The maximum absolute atomic E-state index is 12.7. The monoisotopic (exact) mass is 332 g/mol. The summed E-state index contributed by atoms with van der Waals surface area (Å²) in [5, 5.41) is 0. The fraction of sp³-hybridized carbons (Fsp3) is 0.556. The molecule has 2 heterocycles. The number of amides is 1. The Labute approximate surface area is 141 Å². The molecule has 0 atom stereocenters. The normalized spacial score (nSPS) is 15.6. The smallest absolute Gasteiger partial charge is 0.354 e. The molecule has 0 aliphatic heterocycles. The van der Waals surface area contributed by atoms with Gasteiger partial charge in [-0.05, 0) is 19.8 Å². The number of carbonyl (C=O) groups is 2. The van der Waals surface area contributed by atoms with Gasteiger partial charge in [-0.2, -0.15) is 0 Å². The molecule has 24 heavy (non-hydrogen) atoms. The second-order valence-corrected chi connectivity index (χ2v) is 6.51. The highest BCUT2D eigenvalue weighted by molar-refractivity contribution is 5.95. The number of rotatable bonds is 4. The zero-order valence-corrected chi connectivity index (χ0v) is 14.5. The molecule has 6 heteroatoms. The van der Waals surface area contributed by atoms with E-state index in [0.29, 0.717) is 17.3 Å². The number of fused-ring (bicyclic) bond motifs is 1. The molecule has 0 bridgehead atoms. The summed E-state index contributed by atoms with van der Waals surface area (Å²) in [6, 6.07) is 3.78. The minimum absolute atomic E-state index is 0.00315. The van der Waals surface area contributed by atoms with Crippen molar-refractivity contribution in [3.8, 4) is 0 Å². The third kappa shape index (κ3) is 3.05. The average molecular weight is 332 g/mol. The number of methoxy groups -OCH3 is 1. The van der Waals surface area contributed by atoms with Crippen molar-refractivity contribution < 1.29 is 18.7 Å². The van der Waals surface area contributed by atoms with E-state index < -0.39 is 5.97 Å². The van der Waals surface area contributed by atoms with Crippen LogP contribution in [0.5, 0.6) is 0 Å². The Kier molecular flexibility index (Phi) is 4.64. The summed E-state index contributed by atoms with van der Waals surface area (Å²) in [5.41, 5.74) is 1.69. The van der Waals surface area contributed by atoms with Crippen LogP contribution in [0.4, 0.5) is 0 Å². The number of ether oxygens (including phenoxy) is 1. The number of hydrogen-bond acceptors (Lipinski definition) is 4. The Morgan fingerprint density at radius 2 is 2.00 bits per heavy atom. The molecule has 0 spiro atoms. The lowest BCUT2D eigenvalue weighted by molar-refractivity contribution is -0.133. The van der Waals surface area contributed by atoms with Gasteiger partial charge in [-0.25, -0.2) is 4.79 Å². The van der Waals surface area contributed by atoms with Gasteiger partial charge < -0.3 is 18.6 Å². The number of esters is 1. The highest BCUT2D eigenvalue weighted by Gasteiger charge is 2.25. The molecular formula is C18H24N2O4. The summed E-state index contributed by atoms with van der Waals surface area (Å²) in [6.45, 7) is 1.96. The van der Waals surface area contributed by atoms with Crippen LogP contribution in [0, 0.1) is 6.92 Å². The molecule has 130 valence electrons. The highest BCUT2D eigenvalue weighted by atomic mass is 16.5. The summed E-state index contributed by atoms with van der Waals surface area (Å²) in [5.74, 6) is 0.286. The van der Waals surface area contributed by atoms with Gasteiger partial charge in [0.15, 0.2) is 5.58 Å². The maximum Gasteiger partial charge on any atom is 0.354 e. The molecule has 0 aromatic carbocycles. The fourth-order valence-electron chi connectivity index (χ4n) is 3.53. The topological polar surface area (TPSA) is 64.7 Å². The molecule has 1 aliphatic rings. The van der Waals surface area contributed by atoms with Gasteiger partial charge in [0, 0.05) is 25.2 Å². The van der Waals surface area contributed by atoms with Crippen molar-refractivity contribution in [2.24, 2.45) is 0 Å². The maximum atomic E-state index is 12.7. The van der Waals surface area contributed by atoms with Crippen molar-refractivity contribution in [1.29, 1.82) is 0 Å². The lowest BCUT2D eigenvalue weighted by Gasteiger charge is -2.31. The first-order chi connectivity index (χ1) is 11.5. The van der Waals surface area contributed by atoms with Crippen LogP contribution >= 0.6 is 0 Å². The number of likely N-dealkylation sites (N-methyl/N-ethyl adjacent to an activating group) is 1. The number of aryl methyl sites for hydroxylation is 1. The highest BCUT2D eigenvalue weighted by Crippen LogP contribution is 2.26. The Morgan fingerprint density at radius 3 is 2.67 bits per heavy atom. The van der Waals surface area contributed by atoms with Crippen molar-refractivity contribution in [2.75, 3.05) is 14.2 Å². The number of furan rings is 1. The summed E-state index contributed by atoms with van der Waals surface area (Å²) >= 11 is 0. The van der Waals surface area contributed by atoms with E-state index in [1.165, 1.54) is 26.4 Å². The molecule has 3 rings (SSSR count). The minimum Gasteiger partial charge on any atom is -0.464 e. The molecule has 6 nitrogen and oxygen atoms in total. The van der Waals surface area contributed by atoms with Gasteiger partial charge in [-0.3, -0.25) is 4.79 Å². The van der Waals surface area contributed by atoms with Gasteiger partial charge in [0.25, 0.3) is 0 Å². The first-order valence-corrected chi connectivity index (χ1v) is 8.45. The first-order valence-electron chi connectivity index (χ1n) is 8.45. The molecule has 1 amide bonds. The Bertz CT molecular complexity index is 752. The fourth-order valence-corrected chi connectivity index (χ4v) is 3.53. The number of aromatic nitrogens is 1. The molecule has 2 aromatic heterocycles. The second kappa shape index (κ2) is 6.71. The van der Waals surface area contributed by atoms with E-state index in [2.05, 4.69) is 0 Å². The standard InChI is InChI=1S/C18H24N2O4/c1-12-9-14-16(24-12)10-15(18(22)23-3)20(14)11-17(21)19(2)13-7-5-4-6-8-13/h9-10,13H,4-8,11H2,1-3H3. The van der Waals surface area contributed by atoms with Crippen molar-refractivity contribution in [3.63, 3.8) is 0 Å². The molecule has 1 fully saturated rings. The molecule has 0 saturated heterocycles. The van der Waals surface area contributed by atoms with Crippen molar-refractivity contribution in [3.05, 3.63) is 23.6 Å². The quantitative estimate of drug-likeness (QED) is 0.807. The number of hydrogen-bond donors (Lipinski definition) is 0. The van der Waals surface area contributed by atoms with Crippen molar-refractivity contribution >= 4 is 23.0 Å². The zero-order chi connectivity index (χ0) is 17.3. The van der Waals surface area contributed by atoms with Crippen molar-refractivity contribution in [1.82, 2.24) is 9.47 Å². The average Bonchev–Trinajstić information content (AvgIpc) is 3.11.